The average Bonchev–Trinajstić information content (AvgIpc) is 3.28. The fourth-order valence-electron chi connectivity index (χ4n) is 4.77. The van der Waals surface area contributed by atoms with Gasteiger partial charge in [0.2, 0.25) is 5.91 Å². The van der Waals surface area contributed by atoms with Crippen LogP contribution < -0.4 is 15.5 Å². The maximum atomic E-state index is 11.7. The van der Waals surface area contributed by atoms with Crippen molar-refractivity contribution in [2.75, 3.05) is 31.1 Å². The first-order valence-corrected chi connectivity index (χ1v) is 12.3. The molecule has 1 aliphatic rings. The van der Waals surface area contributed by atoms with Crippen molar-refractivity contribution in [1.82, 2.24) is 40.2 Å². The molecule has 1 amide bonds. The molecule has 34 heavy (non-hydrogen) atoms. The van der Waals surface area contributed by atoms with Gasteiger partial charge < -0.3 is 15.5 Å². The molecule has 0 aliphatic carbocycles. The van der Waals surface area contributed by atoms with Gasteiger partial charge in [0.1, 0.15) is 16.9 Å². The molecule has 4 rings (SSSR count). The Hall–Kier alpha value is -3.01. The molecular formula is C24H37N9O. The van der Waals surface area contributed by atoms with Crippen LogP contribution in [0.2, 0.25) is 0 Å². The van der Waals surface area contributed by atoms with Gasteiger partial charge in [-0.05, 0) is 46.6 Å². The van der Waals surface area contributed by atoms with Gasteiger partial charge in [-0.3, -0.25) is 14.2 Å². The van der Waals surface area contributed by atoms with Crippen LogP contribution in [0.1, 0.15) is 54.7 Å². The third kappa shape index (κ3) is 5.06. The number of likely N-dealkylation sites (N-methyl/N-ethyl adjacent to an activating group) is 1. The Morgan fingerprint density at radius 2 is 1.88 bits per heavy atom. The average molecular weight is 468 g/mol. The predicted molar refractivity (Wildman–Crippen MR) is 133 cm³/mol. The summed E-state index contributed by atoms with van der Waals surface area (Å²) in [6.45, 7) is 12.6. The third-order valence-electron chi connectivity index (χ3n) is 6.48. The van der Waals surface area contributed by atoms with Crippen LogP contribution in [-0.4, -0.2) is 61.6 Å². The first-order chi connectivity index (χ1) is 16.4. The molecule has 1 aliphatic heterocycles. The van der Waals surface area contributed by atoms with Crippen molar-refractivity contribution in [3.63, 3.8) is 0 Å². The highest BCUT2D eigenvalue weighted by molar-refractivity contribution is 5.88. The second-order valence-corrected chi connectivity index (χ2v) is 9.10. The Kier molecular flexibility index (Phi) is 7.45. The molecule has 3 aromatic rings. The highest BCUT2D eigenvalue weighted by atomic mass is 16.1. The Labute approximate surface area is 201 Å². The van der Waals surface area contributed by atoms with Crippen molar-refractivity contribution in [3.8, 4) is 0 Å². The number of carbonyl (C=O) groups is 1. The van der Waals surface area contributed by atoms with Crippen LogP contribution in [0.4, 0.5) is 5.82 Å². The maximum absolute atomic E-state index is 11.7. The summed E-state index contributed by atoms with van der Waals surface area (Å²) in [5, 5.41) is 15.4. The van der Waals surface area contributed by atoms with E-state index in [9.17, 15) is 4.79 Å². The molecule has 10 heteroatoms. The second kappa shape index (κ2) is 10.5. The van der Waals surface area contributed by atoms with Crippen LogP contribution >= 0.6 is 0 Å². The van der Waals surface area contributed by atoms with E-state index < -0.39 is 0 Å². The Bertz CT molecular complexity index is 1160. The SMILES string of the molecule is CCNCC(=O)NCCCCCn1nc(C)c2c1CCN(c1nc(C)nc3c(C)nn(C)c13)C2. The summed E-state index contributed by atoms with van der Waals surface area (Å²) in [5.41, 5.74) is 6.61. The highest BCUT2D eigenvalue weighted by Crippen LogP contribution is 2.31. The van der Waals surface area contributed by atoms with Crippen LogP contribution in [0.3, 0.4) is 0 Å². The molecule has 0 unspecified atom stereocenters. The zero-order valence-electron chi connectivity index (χ0n) is 21.1. The normalized spacial score (nSPS) is 13.5. The fraction of sp³-hybridized carbons (Fsp3) is 0.625. The third-order valence-corrected chi connectivity index (χ3v) is 6.48. The van der Waals surface area contributed by atoms with E-state index in [0.717, 1.165) is 92.5 Å². The van der Waals surface area contributed by atoms with Gasteiger partial charge in [0.05, 0.1) is 17.9 Å². The number of hydrogen-bond acceptors (Lipinski definition) is 7. The van der Waals surface area contributed by atoms with Crippen LogP contribution in [0.5, 0.6) is 0 Å². The minimum Gasteiger partial charge on any atom is -0.355 e. The summed E-state index contributed by atoms with van der Waals surface area (Å²) in [5.74, 6) is 1.80. The van der Waals surface area contributed by atoms with Crippen molar-refractivity contribution in [1.29, 1.82) is 0 Å². The lowest BCUT2D eigenvalue weighted by Crippen LogP contribution is -2.34. The molecule has 184 valence electrons. The van der Waals surface area contributed by atoms with Crippen molar-refractivity contribution in [2.45, 2.75) is 66.5 Å². The first-order valence-electron chi connectivity index (χ1n) is 12.3. The molecule has 0 saturated carbocycles. The molecule has 0 atom stereocenters. The molecule has 0 fully saturated rings. The number of hydrogen-bond donors (Lipinski definition) is 2. The van der Waals surface area contributed by atoms with Gasteiger partial charge in [0.25, 0.3) is 0 Å². The van der Waals surface area contributed by atoms with E-state index in [1.807, 2.05) is 32.5 Å². The quantitative estimate of drug-likeness (QED) is 0.439. The number of amides is 1. The smallest absolute Gasteiger partial charge is 0.233 e. The summed E-state index contributed by atoms with van der Waals surface area (Å²) in [4.78, 5) is 23.4. The van der Waals surface area contributed by atoms with Gasteiger partial charge in [0, 0.05) is 50.9 Å². The van der Waals surface area contributed by atoms with Gasteiger partial charge >= 0.3 is 0 Å². The number of fused-ring (bicyclic) bond motifs is 2. The summed E-state index contributed by atoms with van der Waals surface area (Å²) < 4.78 is 4.09. The Morgan fingerprint density at radius 3 is 2.68 bits per heavy atom. The largest absolute Gasteiger partial charge is 0.355 e. The van der Waals surface area contributed by atoms with Crippen molar-refractivity contribution >= 4 is 22.8 Å². The second-order valence-electron chi connectivity index (χ2n) is 9.10. The number of aryl methyl sites for hydroxylation is 5. The molecule has 0 saturated heterocycles. The molecular weight excluding hydrogens is 430 g/mol. The van der Waals surface area contributed by atoms with Crippen molar-refractivity contribution in [2.24, 2.45) is 7.05 Å². The zero-order valence-corrected chi connectivity index (χ0v) is 21.1. The lowest BCUT2D eigenvalue weighted by atomic mass is 10.1. The molecule has 4 heterocycles. The van der Waals surface area contributed by atoms with E-state index in [-0.39, 0.29) is 5.91 Å². The van der Waals surface area contributed by atoms with E-state index in [2.05, 4.69) is 37.2 Å². The number of carbonyl (C=O) groups excluding carboxylic acids is 1. The van der Waals surface area contributed by atoms with E-state index >= 15 is 0 Å². The van der Waals surface area contributed by atoms with Crippen molar-refractivity contribution in [3.05, 3.63) is 28.5 Å². The lowest BCUT2D eigenvalue weighted by Gasteiger charge is -2.29. The molecule has 0 bridgehead atoms. The number of unbranched alkanes of at least 4 members (excludes halogenated alkanes) is 2. The number of aromatic nitrogens is 6. The maximum Gasteiger partial charge on any atom is 0.233 e. The topological polar surface area (TPSA) is 106 Å². The molecule has 0 aromatic carbocycles. The monoisotopic (exact) mass is 467 g/mol. The summed E-state index contributed by atoms with van der Waals surface area (Å²) in [6, 6.07) is 0. The van der Waals surface area contributed by atoms with Crippen molar-refractivity contribution < 1.29 is 4.79 Å². The van der Waals surface area contributed by atoms with Crippen LogP contribution in [0.15, 0.2) is 0 Å². The minimum atomic E-state index is 0.0700. The first kappa shape index (κ1) is 24.1. The van der Waals surface area contributed by atoms with E-state index in [1.54, 1.807) is 0 Å². The Balaban J connectivity index is 1.37. The van der Waals surface area contributed by atoms with E-state index in [4.69, 9.17) is 10.1 Å². The van der Waals surface area contributed by atoms with Gasteiger partial charge in [0.15, 0.2) is 5.82 Å². The number of rotatable bonds is 10. The Morgan fingerprint density at radius 1 is 1.06 bits per heavy atom. The standard InChI is InChI=1S/C24H37N9O/c1-6-25-14-21(34)26-11-8-7-9-12-33-20-10-13-32(15-19(20)16(2)30-33)24-23-22(27-18(4)28-24)17(3)29-31(23)5/h25H,6-15H2,1-5H3,(H,26,34). The van der Waals surface area contributed by atoms with Gasteiger partial charge in [-0.1, -0.05) is 6.92 Å². The van der Waals surface area contributed by atoms with Crippen LogP contribution in [0, 0.1) is 20.8 Å². The van der Waals surface area contributed by atoms with Gasteiger partial charge in [-0.15, -0.1) is 0 Å². The zero-order chi connectivity index (χ0) is 24.2. The molecule has 0 spiro atoms. The summed E-state index contributed by atoms with van der Waals surface area (Å²) >= 11 is 0. The molecule has 2 N–H and O–H groups in total. The number of anilines is 1. The number of nitrogens with zero attached hydrogens (tertiary/aromatic N) is 7. The summed E-state index contributed by atoms with van der Waals surface area (Å²) in [7, 11) is 1.96. The lowest BCUT2D eigenvalue weighted by molar-refractivity contribution is -0.120. The van der Waals surface area contributed by atoms with Crippen LogP contribution in [0.25, 0.3) is 11.0 Å². The molecule has 10 nitrogen and oxygen atoms in total. The number of nitrogens with one attached hydrogen (secondary N) is 2. The van der Waals surface area contributed by atoms with E-state index in [1.165, 1.54) is 11.3 Å². The van der Waals surface area contributed by atoms with Gasteiger partial charge in [-0.25, -0.2) is 9.97 Å². The predicted octanol–water partition coefficient (Wildman–Crippen LogP) is 1.94. The summed E-state index contributed by atoms with van der Waals surface area (Å²) in [6.07, 6.45) is 4.05. The highest BCUT2D eigenvalue weighted by Gasteiger charge is 2.27. The van der Waals surface area contributed by atoms with Crippen LogP contribution in [-0.2, 0) is 31.4 Å². The molecule has 3 aromatic heterocycles. The van der Waals surface area contributed by atoms with Gasteiger partial charge in [-0.2, -0.15) is 10.2 Å². The fourth-order valence-corrected chi connectivity index (χ4v) is 4.77. The minimum absolute atomic E-state index is 0.0700. The van der Waals surface area contributed by atoms with E-state index in [0.29, 0.717) is 6.54 Å². The molecule has 0 radical (unpaired) electrons.